The fraction of sp³-hybridized carbons (Fsp3) is 0.263. The third-order valence-electron chi connectivity index (χ3n) is 8.33. The highest BCUT2D eigenvalue weighted by atomic mass is 15.1. The first-order valence-electron chi connectivity index (χ1n) is 15.0. The normalized spacial score (nSPS) is 11.5. The van der Waals surface area contributed by atoms with Gasteiger partial charge < -0.3 is 9.13 Å². The van der Waals surface area contributed by atoms with E-state index in [1.165, 1.54) is 55.8 Å². The van der Waals surface area contributed by atoms with Crippen molar-refractivity contribution in [1.29, 1.82) is 0 Å². The summed E-state index contributed by atoms with van der Waals surface area (Å²) < 4.78 is 4.48. The zero-order valence-corrected chi connectivity index (χ0v) is 25.7. The number of aromatic nitrogens is 4. The lowest BCUT2D eigenvalue weighted by Gasteiger charge is -2.12. The van der Waals surface area contributed by atoms with Crippen LogP contribution >= 0.6 is 0 Å². The molecule has 4 nitrogen and oxygen atoms in total. The molecule has 4 heterocycles. The lowest BCUT2D eigenvalue weighted by Crippen LogP contribution is -2.05. The van der Waals surface area contributed by atoms with Gasteiger partial charge in [0.25, 0.3) is 0 Å². The molecule has 0 N–H and O–H groups in total. The van der Waals surface area contributed by atoms with Gasteiger partial charge in [-0.15, -0.1) is 0 Å². The smallest absolute Gasteiger partial charge is 0.137 e. The topological polar surface area (TPSA) is 35.6 Å². The summed E-state index contributed by atoms with van der Waals surface area (Å²) in [5.74, 6) is 2.03. The number of fused-ring (bicyclic) bond motifs is 1. The maximum atomic E-state index is 5.02. The fourth-order valence-electron chi connectivity index (χ4n) is 6.18. The third-order valence-corrected chi connectivity index (χ3v) is 8.33. The van der Waals surface area contributed by atoms with E-state index in [2.05, 4.69) is 136 Å². The SMILES string of the molecule is Cc1cc(CCc2ccc3cc(CCc4cc(C)cc(-n5c(C)ccc5C)n4)ccc3c2)nc(-n2c(C)ccc2C)c1.[HH]. The Morgan fingerprint density at radius 3 is 1.21 bits per heavy atom. The summed E-state index contributed by atoms with van der Waals surface area (Å²) in [5.41, 5.74) is 12.3. The van der Waals surface area contributed by atoms with Crippen LogP contribution in [0.2, 0.25) is 0 Å². The lowest BCUT2D eigenvalue weighted by atomic mass is 9.99. The molecule has 0 spiro atoms. The van der Waals surface area contributed by atoms with Gasteiger partial charge in [0.2, 0.25) is 0 Å². The van der Waals surface area contributed by atoms with Crippen molar-refractivity contribution in [2.75, 3.05) is 0 Å². The predicted molar refractivity (Wildman–Crippen MR) is 176 cm³/mol. The van der Waals surface area contributed by atoms with Crippen LogP contribution in [-0.2, 0) is 25.7 Å². The number of pyridine rings is 2. The second-order valence-electron chi connectivity index (χ2n) is 11.9. The van der Waals surface area contributed by atoms with E-state index in [-0.39, 0.29) is 1.43 Å². The van der Waals surface area contributed by atoms with Crippen molar-refractivity contribution in [3.8, 4) is 11.6 Å². The molecule has 4 heteroatoms. The largest absolute Gasteiger partial charge is 0.303 e. The Labute approximate surface area is 251 Å². The summed E-state index contributed by atoms with van der Waals surface area (Å²) in [5, 5.41) is 2.59. The molecule has 0 aliphatic carbocycles. The van der Waals surface area contributed by atoms with Gasteiger partial charge >= 0.3 is 0 Å². The molecule has 4 aromatic heterocycles. The van der Waals surface area contributed by atoms with E-state index < -0.39 is 0 Å². The highest BCUT2D eigenvalue weighted by Gasteiger charge is 2.10. The van der Waals surface area contributed by atoms with Gasteiger partial charge in [0, 0.05) is 35.6 Å². The van der Waals surface area contributed by atoms with E-state index in [0.717, 1.165) is 48.7 Å². The Bertz CT molecular complexity index is 1730. The molecule has 0 bridgehead atoms. The van der Waals surface area contributed by atoms with E-state index in [4.69, 9.17) is 9.97 Å². The molecule has 0 atom stereocenters. The predicted octanol–water partition coefficient (Wildman–Crippen LogP) is 8.88. The minimum atomic E-state index is 0. The standard InChI is InChI=1S/C38H40N4.H2/c1-25-19-35(39-37(21-25)41-27(3)7-8-28(41)4)17-13-31-11-15-34-24-32(12-16-33(34)23-31)14-18-36-20-26(2)22-38(40-36)42-29(5)9-10-30(42)6;/h7-12,15-16,19-24H,13-14,17-18H2,1-6H3;1H. The van der Waals surface area contributed by atoms with E-state index in [0.29, 0.717) is 0 Å². The summed E-state index contributed by atoms with van der Waals surface area (Å²) in [6, 6.07) is 31.2. The van der Waals surface area contributed by atoms with Gasteiger partial charge in [-0.2, -0.15) is 0 Å². The quantitative estimate of drug-likeness (QED) is 0.188. The van der Waals surface area contributed by atoms with E-state index in [1.54, 1.807) is 0 Å². The van der Waals surface area contributed by atoms with Gasteiger partial charge in [0.15, 0.2) is 0 Å². The molecule has 214 valence electrons. The van der Waals surface area contributed by atoms with Crippen LogP contribution in [0, 0.1) is 41.5 Å². The van der Waals surface area contributed by atoms with Gasteiger partial charge in [0.1, 0.15) is 11.6 Å². The molecule has 6 aromatic rings. The lowest BCUT2D eigenvalue weighted by molar-refractivity contribution is 0.861. The molecule has 0 aliphatic heterocycles. The van der Waals surface area contributed by atoms with Crippen molar-refractivity contribution in [2.45, 2.75) is 67.2 Å². The Balaban J connectivity index is 0.00000368. The average Bonchev–Trinajstić information content (AvgIpc) is 3.48. The second kappa shape index (κ2) is 11.4. The maximum absolute atomic E-state index is 5.02. The van der Waals surface area contributed by atoms with Crippen molar-refractivity contribution in [2.24, 2.45) is 0 Å². The van der Waals surface area contributed by atoms with Crippen molar-refractivity contribution in [3.63, 3.8) is 0 Å². The molecule has 0 saturated carbocycles. The molecular formula is C38H42N4. The molecule has 0 radical (unpaired) electrons. The third kappa shape index (κ3) is 5.80. The van der Waals surface area contributed by atoms with Gasteiger partial charge in [-0.1, -0.05) is 36.4 Å². The molecule has 2 aromatic carbocycles. The second-order valence-corrected chi connectivity index (χ2v) is 11.9. The van der Waals surface area contributed by atoms with Crippen molar-refractivity contribution in [3.05, 3.63) is 141 Å². The molecule has 0 aliphatic rings. The molecule has 6 rings (SSSR count). The molecule has 42 heavy (non-hydrogen) atoms. The molecule has 0 saturated heterocycles. The first-order valence-corrected chi connectivity index (χ1v) is 15.0. The minimum absolute atomic E-state index is 0. The maximum Gasteiger partial charge on any atom is 0.137 e. The van der Waals surface area contributed by atoms with Crippen LogP contribution in [0.3, 0.4) is 0 Å². The van der Waals surface area contributed by atoms with Crippen molar-refractivity contribution >= 4 is 10.8 Å². The molecule has 0 fully saturated rings. The van der Waals surface area contributed by atoms with E-state index in [1.807, 2.05) is 0 Å². The summed E-state index contributed by atoms with van der Waals surface area (Å²) in [6.07, 6.45) is 3.79. The first kappa shape index (κ1) is 27.7. The Hall–Kier alpha value is -4.44. The fourth-order valence-corrected chi connectivity index (χ4v) is 6.18. The molecule has 0 amide bonds. The van der Waals surface area contributed by atoms with Gasteiger partial charge in [-0.25, -0.2) is 9.97 Å². The highest BCUT2D eigenvalue weighted by molar-refractivity contribution is 5.83. The Kier molecular flexibility index (Phi) is 7.55. The molecular weight excluding hydrogens is 512 g/mol. The van der Waals surface area contributed by atoms with Crippen LogP contribution in [0.4, 0.5) is 0 Å². The number of rotatable bonds is 8. The van der Waals surface area contributed by atoms with Crippen LogP contribution < -0.4 is 0 Å². The van der Waals surface area contributed by atoms with Gasteiger partial charge in [-0.3, -0.25) is 0 Å². The minimum Gasteiger partial charge on any atom is -0.303 e. The van der Waals surface area contributed by atoms with Crippen LogP contribution in [0.25, 0.3) is 22.4 Å². The first-order chi connectivity index (χ1) is 20.2. The van der Waals surface area contributed by atoms with Crippen LogP contribution in [0.1, 0.15) is 57.8 Å². The number of nitrogens with zero attached hydrogens (tertiary/aromatic N) is 4. The van der Waals surface area contributed by atoms with Crippen LogP contribution in [-0.4, -0.2) is 19.1 Å². The number of benzene rings is 2. The zero-order chi connectivity index (χ0) is 29.4. The van der Waals surface area contributed by atoms with Crippen molar-refractivity contribution < 1.29 is 1.43 Å². The van der Waals surface area contributed by atoms with Crippen LogP contribution in [0.15, 0.2) is 84.9 Å². The molecule has 0 unspecified atom stereocenters. The van der Waals surface area contributed by atoms with Gasteiger partial charge in [-0.05, 0) is 149 Å². The van der Waals surface area contributed by atoms with Crippen molar-refractivity contribution in [1.82, 2.24) is 19.1 Å². The Morgan fingerprint density at radius 1 is 0.452 bits per heavy atom. The summed E-state index contributed by atoms with van der Waals surface area (Å²) in [4.78, 5) is 10.0. The average molecular weight is 555 g/mol. The van der Waals surface area contributed by atoms with Crippen LogP contribution in [0.5, 0.6) is 0 Å². The Morgan fingerprint density at radius 2 is 0.833 bits per heavy atom. The monoisotopic (exact) mass is 554 g/mol. The van der Waals surface area contributed by atoms with Gasteiger partial charge in [0.05, 0.1) is 0 Å². The summed E-state index contributed by atoms with van der Waals surface area (Å²) in [7, 11) is 0. The highest BCUT2D eigenvalue weighted by Crippen LogP contribution is 2.22. The van der Waals surface area contributed by atoms with E-state index in [9.17, 15) is 0 Å². The summed E-state index contributed by atoms with van der Waals surface area (Å²) in [6.45, 7) is 12.9. The number of hydrogen-bond acceptors (Lipinski definition) is 2. The summed E-state index contributed by atoms with van der Waals surface area (Å²) >= 11 is 0. The van der Waals surface area contributed by atoms with E-state index >= 15 is 0 Å². The zero-order valence-electron chi connectivity index (χ0n) is 25.7. The number of hydrogen-bond donors (Lipinski definition) is 0. The number of aryl methyl sites for hydroxylation is 10.